The lowest BCUT2D eigenvalue weighted by Gasteiger charge is -2.44. The first-order chi connectivity index (χ1) is 7.41. The molecule has 0 aromatic carbocycles. The minimum atomic E-state index is -4.92. The Labute approximate surface area is 97.6 Å². The molecule has 96 valence electrons. The monoisotopic (exact) mass is 251 g/mol. The fourth-order valence-electron chi connectivity index (χ4n) is 2.81. The van der Waals surface area contributed by atoms with E-state index in [4.69, 9.17) is 17.5 Å². The lowest BCUT2D eigenvalue weighted by Crippen LogP contribution is -2.54. The van der Waals surface area contributed by atoms with E-state index in [9.17, 15) is 0 Å². The zero-order chi connectivity index (χ0) is 12.1. The molecule has 5 nitrogen and oxygen atoms in total. The van der Waals surface area contributed by atoms with E-state index in [0.717, 1.165) is 0 Å². The molecule has 1 spiro atoms. The Kier molecular flexibility index (Phi) is 5.17. The van der Waals surface area contributed by atoms with Gasteiger partial charge in [0.1, 0.15) is 0 Å². The summed E-state index contributed by atoms with van der Waals surface area (Å²) in [5.41, 5.74) is 0. The van der Waals surface area contributed by atoms with Crippen LogP contribution in [0, 0.1) is 0 Å². The molecule has 0 aromatic heterocycles. The molecule has 0 bridgehead atoms. The second kappa shape index (κ2) is 5.95. The maximum Gasteiger partial charge on any atom is 0.215 e. The number of piperidine rings is 2. The standard InChI is InChI=1S/C10H20N.H2O4S/c1-3-7-11(8-4-1)9-5-2-6-10-11;1-5(2,3)4/h1-10H2;(H2,1,2,3,4)/q+1;/p-1. The van der Waals surface area contributed by atoms with Crippen LogP contribution in [0.1, 0.15) is 38.5 Å². The van der Waals surface area contributed by atoms with E-state index < -0.39 is 10.4 Å². The van der Waals surface area contributed by atoms with E-state index in [2.05, 4.69) is 0 Å². The van der Waals surface area contributed by atoms with Crippen LogP contribution in [0.4, 0.5) is 0 Å². The normalized spacial score (nSPS) is 24.6. The van der Waals surface area contributed by atoms with Gasteiger partial charge >= 0.3 is 0 Å². The molecule has 0 aromatic rings. The highest BCUT2D eigenvalue weighted by Crippen LogP contribution is 2.24. The highest BCUT2D eigenvalue weighted by atomic mass is 32.3. The molecule has 1 N–H and O–H groups in total. The van der Waals surface area contributed by atoms with Crippen molar-refractivity contribution in [3.63, 3.8) is 0 Å². The third kappa shape index (κ3) is 5.79. The predicted octanol–water partition coefficient (Wildman–Crippen LogP) is 1.18. The molecule has 0 unspecified atom stereocenters. The minimum Gasteiger partial charge on any atom is -0.726 e. The number of nitrogens with zero attached hydrogens (tertiary/aromatic N) is 1. The van der Waals surface area contributed by atoms with Crippen molar-refractivity contribution in [2.45, 2.75) is 38.5 Å². The number of rotatable bonds is 0. The van der Waals surface area contributed by atoms with E-state index >= 15 is 0 Å². The van der Waals surface area contributed by atoms with Crippen molar-refractivity contribution in [2.75, 3.05) is 26.2 Å². The SMILES string of the molecule is C1CC[N+]2(CC1)CCCCC2.O=S(=O)([O-])O. The van der Waals surface area contributed by atoms with Crippen LogP contribution in [0.5, 0.6) is 0 Å². The first kappa shape index (κ1) is 13.9. The van der Waals surface area contributed by atoms with Gasteiger partial charge in [-0.15, -0.1) is 0 Å². The molecule has 2 aliphatic heterocycles. The molecular weight excluding hydrogens is 230 g/mol. The molecule has 0 aliphatic carbocycles. The largest absolute Gasteiger partial charge is 0.726 e. The van der Waals surface area contributed by atoms with Gasteiger partial charge in [-0.05, 0) is 38.5 Å². The topological polar surface area (TPSA) is 77.4 Å². The zero-order valence-corrected chi connectivity index (χ0v) is 10.4. The summed E-state index contributed by atoms with van der Waals surface area (Å²) in [6, 6.07) is 0. The second-order valence-corrected chi connectivity index (χ2v) is 5.64. The van der Waals surface area contributed by atoms with Gasteiger partial charge in [-0.2, -0.15) is 0 Å². The molecule has 2 heterocycles. The molecule has 16 heavy (non-hydrogen) atoms. The van der Waals surface area contributed by atoms with Crippen LogP contribution in [0.3, 0.4) is 0 Å². The van der Waals surface area contributed by atoms with Crippen molar-refractivity contribution >= 4 is 10.4 Å². The summed E-state index contributed by atoms with van der Waals surface area (Å²) in [4.78, 5) is 0. The Hall–Kier alpha value is -0.170. The molecule has 6 heteroatoms. The van der Waals surface area contributed by atoms with Crippen molar-refractivity contribution in [3.8, 4) is 0 Å². The van der Waals surface area contributed by atoms with Gasteiger partial charge in [-0.25, -0.2) is 8.42 Å². The summed E-state index contributed by atoms with van der Waals surface area (Å²) in [5.74, 6) is 0. The molecule has 2 rings (SSSR count). The van der Waals surface area contributed by atoms with Crippen LogP contribution >= 0.6 is 0 Å². The fraction of sp³-hybridized carbons (Fsp3) is 1.00. The highest BCUT2D eigenvalue weighted by molar-refractivity contribution is 7.79. The lowest BCUT2D eigenvalue weighted by molar-refractivity contribution is -0.936. The summed E-state index contributed by atoms with van der Waals surface area (Å²) in [6.45, 7) is 6.00. The fourth-order valence-corrected chi connectivity index (χ4v) is 2.81. The summed E-state index contributed by atoms with van der Waals surface area (Å²) in [5, 5.41) is 0. The third-order valence-corrected chi connectivity index (χ3v) is 3.53. The highest BCUT2D eigenvalue weighted by Gasteiger charge is 2.30. The van der Waals surface area contributed by atoms with Gasteiger partial charge in [0.2, 0.25) is 10.4 Å². The van der Waals surface area contributed by atoms with E-state index in [1.165, 1.54) is 69.2 Å². The molecule has 2 saturated heterocycles. The Morgan fingerprint density at radius 2 is 1.06 bits per heavy atom. The first-order valence-electron chi connectivity index (χ1n) is 5.95. The zero-order valence-electron chi connectivity index (χ0n) is 9.60. The van der Waals surface area contributed by atoms with Gasteiger partial charge in [-0.3, -0.25) is 4.55 Å². The number of quaternary nitrogens is 1. The van der Waals surface area contributed by atoms with Crippen LogP contribution in [0.25, 0.3) is 0 Å². The molecule has 2 fully saturated rings. The summed E-state index contributed by atoms with van der Waals surface area (Å²) >= 11 is 0. The van der Waals surface area contributed by atoms with Crippen LogP contribution in [0.15, 0.2) is 0 Å². The molecule has 0 atom stereocenters. The maximum atomic E-state index is 8.63. The smallest absolute Gasteiger partial charge is 0.215 e. The summed E-state index contributed by atoms with van der Waals surface area (Å²) in [7, 11) is -4.92. The Bertz CT molecular complexity index is 262. The summed E-state index contributed by atoms with van der Waals surface area (Å²) in [6.07, 6.45) is 9.00. The first-order valence-corrected chi connectivity index (χ1v) is 7.31. The maximum absolute atomic E-state index is 8.63. The Morgan fingerprint density at radius 1 is 0.812 bits per heavy atom. The third-order valence-electron chi connectivity index (χ3n) is 3.53. The van der Waals surface area contributed by atoms with Crippen molar-refractivity contribution in [2.24, 2.45) is 0 Å². The van der Waals surface area contributed by atoms with Crippen LogP contribution in [-0.2, 0) is 10.4 Å². The number of hydrogen-bond acceptors (Lipinski definition) is 3. The van der Waals surface area contributed by atoms with Crippen LogP contribution in [-0.4, -0.2) is 48.2 Å². The van der Waals surface area contributed by atoms with Crippen molar-refractivity contribution in [1.82, 2.24) is 0 Å². The van der Waals surface area contributed by atoms with E-state index in [1.54, 1.807) is 0 Å². The predicted molar refractivity (Wildman–Crippen MR) is 59.8 cm³/mol. The molecule has 0 saturated carbocycles. The Balaban J connectivity index is 0.000000221. The van der Waals surface area contributed by atoms with Crippen LogP contribution in [0.2, 0.25) is 0 Å². The number of hydrogen-bond donors (Lipinski definition) is 1. The van der Waals surface area contributed by atoms with Crippen molar-refractivity contribution < 1.29 is 22.0 Å². The minimum absolute atomic E-state index is 1.50. The van der Waals surface area contributed by atoms with Gasteiger partial charge in [0.15, 0.2) is 0 Å². The lowest BCUT2D eigenvalue weighted by atomic mass is 10.0. The second-order valence-electron chi connectivity index (χ2n) is 4.79. The van der Waals surface area contributed by atoms with Gasteiger partial charge in [-0.1, -0.05) is 0 Å². The average molecular weight is 251 g/mol. The van der Waals surface area contributed by atoms with Crippen LogP contribution < -0.4 is 0 Å². The van der Waals surface area contributed by atoms with Gasteiger partial charge < -0.3 is 9.04 Å². The molecular formula is C10H21NO4S. The average Bonchev–Trinajstić information content (AvgIpc) is 2.17. The molecule has 2 aliphatic rings. The van der Waals surface area contributed by atoms with E-state index in [0.29, 0.717) is 0 Å². The molecule has 0 radical (unpaired) electrons. The van der Waals surface area contributed by atoms with Crippen molar-refractivity contribution in [3.05, 3.63) is 0 Å². The summed E-state index contributed by atoms with van der Waals surface area (Å²) < 4.78 is 34.3. The van der Waals surface area contributed by atoms with Gasteiger partial charge in [0, 0.05) is 0 Å². The quantitative estimate of drug-likeness (QED) is 0.398. The Morgan fingerprint density at radius 3 is 1.31 bits per heavy atom. The molecule has 0 amide bonds. The van der Waals surface area contributed by atoms with Gasteiger partial charge in [0.05, 0.1) is 26.2 Å². The van der Waals surface area contributed by atoms with E-state index in [1.807, 2.05) is 0 Å². The van der Waals surface area contributed by atoms with E-state index in [-0.39, 0.29) is 0 Å². The van der Waals surface area contributed by atoms with Gasteiger partial charge in [0.25, 0.3) is 0 Å². The van der Waals surface area contributed by atoms with Crippen molar-refractivity contribution in [1.29, 1.82) is 0 Å².